The quantitative estimate of drug-likeness (QED) is 0.158. The zero-order valence-corrected chi connectivity index (χ0v) is 31.8. The van der Waals surface area contributed by atoms with Crippen LogP contribution in [-0.4, -0.2) is 9.97 Å². The number of pyridine rings is 2. The van der Waals surface area contributed by atoms with E-state index in [1.807, 2.05) is 42.7 Å². The number of benzene rings is 8. The van der Waals surface area contributed by atoms with Crippen LogP contribution in [0.15, 0.2) is 179 Å². The first-order chi connectivity index (χ1) is 28.6. The third kappa shape index (κ3) is 4.78. The van der Waals surface area contributed by atoms with Gasteiger partial charge in [0.25, 0.3) is 0 Å². The number of hydrogen-bond donors (Lipinski definition) is 0. The topological polar surface area (TPSA) is 58.5 Å². The van der Waals surface area contributed by atoms with E-state index < -0.39 is 0 Å². The lowest BCUT2D eigenvalue weighted by atomic mass is 9.94. The van der Waals surface area contributed by atoms with Gasteiger partial charge in [0.2, 0.25) is 0 Å². The van der Waals surface area contributed by atoms with Crippen molar-refractivity contribution in [3.63, 3.8) is 0 Å². The Morgan fingerprint density at radius 3 is 1.50 bits per heavy atom. The molecule has 0 N–H and O–H groups in total. The Hall–Kier alpha value is -7.70. The van der Waals surface area contributed by atoms with Crippen LogP contribution in [0.3, 0.4) is 0 Å². The molecule has 0 atom stereocenters. The summed E-state index contributed by atoms with van der Waals surface area (Å²) in [6.07, 6.45) is 4.07. The van der Waals surface area contributed by atoms with E-state index in [-0.39, 0.29) is 0 Å². The Kier molecular flexibility index (Phi) is 6.96. The number of anilines is 6. The van der Waals surface area contributed by atoms with Crippen molar-refractivity contribution in [3.05, 3.63) is 181 Å². The lowest BCUT2D eigenvalue weighted by Crippen LogP contribution is -2.13. The van der Waals surface area contributed by atoms with Crippen LogP contribution < -0.4 is 9.80 Å². The van der Waals surface area contributed by atoms with Crippen molar-refractivity contribution >= 4 is 111 Å². The van der Waals surface area contributed by atoms with Crippen LogP contribution in [0, 0.1) is 13.8 Å². The van der Waals surface area contributed by atoms with E-state index in [0.717, 1.165) is 116 Å². The molecule has 0 unspecified atom stereocenters. The molecule has 0 saturated carbocycles. The Morgan fingerprint density at radius 2 is 0.914 bits per heavy atom. The van der Waals surface area contributed by atoms with Gasteiger partial charge in [-0.25, -0.2) is 0 Å². The second-order valence-corrected chi connectivity index (χ2v) is 15.1. The van der Waals surface area contributed by atoms with E-state index in [1.165, 1.54) is 5.39 Å². The predicted octanol–water partition coefficient (Wildman–Crippen LogP) is 14.7. The summed E-state index contributed by atoms with van der Waals surface area (Å²) in [5.74, 6) is 0. The number of para-hydroxylation sites is 4. The van der Waals surface area contributed by atoms with Gasteiger partial charge in [-0.2, -0.15) is 0 Å². The van der Waals surface area contributed by atoms with Crippen molar-refractivity contribution < 1.29 is 8.83 Å². The SMILES string of the molecule is Cc1c(N(c2ccccc2)c2ccc3c(c2)oc2ccccc23)cc2cnc3c(C)c(N(c4ccccc4)c4ccc5c(c4)oc4ccccc45)cc4ncc1c2c43. The van der Waals surface area contributed by atoms with Gasteiger partial charge in [-0.05, 0) is 97.8 Å². The van der Waals surface area contributed by atoms with E-state index in [1.54, 1.807) is 0 Å². The Bertz CT molecular complexity index is 3320. The predicted molar refractivity (Wildman–Crippen MR) is 239 cm³/mol. The molecule has 4 aromatic heterocycles. The van der Waals surface area contributed by atoms with Gasteiger partial charge in [-0.15, -0.1) is 0 Å². The summed E-state index contributed by atoms with van der Waals surface area (Å²) in [4.78, 5) is 15.1. The minimum Gasteiger partial charge on any atom is -0.456 e. The molecule has 6 heteroatoms. The van der Waals surface area contributed by atoms with Gasteiger partial charge < -0.3 is 18.6 Å². The first-order valence-corrected chi connectivity index (χ1v) is 19.6. The lowest BCUT2D eigenvalue weighted by molar-refractivity contribution is 0.668. The molecule has 0 aliphatic rings. The first-order valence-electron chi connectivity index (χ1n) is 19.6. The minimum absolute atomic E-state index is 0.847. The molecule has 0 saturated heterocycles. The van der Waals surface area contributed by atoms with Crippen molar-refractivity contribution in [2.75, 3.05) is 9.80 Å². The maximum atomic E-state index is 6.38. The van der Waals surface area contributed by atoms with E-state index in [4.69, 9.17) is 18.8 Å². The second kappa shape index (κ2) is 12.4. The van der Waals surface area contributed by atoms with Crippen molar-refractivity contribution in [1.29, 1.82) is 0 Å². The van der Waals surface area contributed by atoms with E-state index in [2.05, 4.69) is 151 Å². The summed E-state index contributed by atoms with van der Waals surface area (Å²) in [5, 5.41) is 8.82. The van der Waals surface area contributed by atoms with Gasteiger partial charge in [0.15, 0.2) is 0 Å². The molecule has 0 aliphatic heterocycles. The minimum atomic E-state index is 0.847. The molecule has 0 radical (unpaired) electrons. The second-order valence-electron chi connectivity index (χ2n) is 15.1. The molecule has 8 aromatic carbocycles. The molecule has 0 amide bonds. The Morgan fingerprint density at radius 1 is 0.397 bits per heavy atom. The van der Waals surface area contributed by atoms with Crippen molar-refractivity contribution in [1.82, 2.24) is 9.97 Å². The molecule has 58 heavy (non-hydrogen) atoms. The summed E-state index contributed by atoms with van der Waals surface area (Å²) in [6.45, 7) is 4.38. The molecular formula is C52H34N4O2. The zero-order chi connectivity index (χ0) is 38.5. The molecule has 12 aromatic rings. The van der Waals surface area contributed by atoms with Crippen LogP contribution in [0.1, 0.15) is 11.1 Å². The van der Waals surface area contributed by atoms with Gasteiger partial charge in [0, 0.05) is 90.4 Å². The Balaban J connectivity index is 1.05. The van der Waals surface area contributed by atoms with E-state index in [0.29, 0.717) is 0 Å². The molecule has 4 heterocycles. The van der Waals surface area contributed by atoms with Crippen molar-refractivity contribution in [3.8, 4) is 0 Å². The third-order valence-electron chi connectivity index (χ3n) is 11.8. The highest BCUT2D eigenvalue weighted by Gasteiger charge is 2.25. The molecule has 12 rings (SSSR count). The highest BCUT2D eigenvalue weighted by atomic mass is 16.3. The number of aromatic nitrogens is 2. The van der Waals surface area contributed by atoms with Gasteiger partial charge in [-0.3, -0.25) is 9.97 Å². The monoisotopic (exact) mass is 746 g/mol. The van der Waals surface area contributed by atoms with Gasteiger partial charge in [0.1, 0.15) is 22.3 Å². The number of aryl methyl sites for hydroxylation is 2. The molecule has 0 aliphatic carbocycles. The Labute approximate surface area is 333 Å². The van der Waals surface area contributed by atoms with Crippen LogP contribution >= 0.6 is 0 Å². The van der Waals surface area contributed by atoms with E-state index in [9.17, 15) is 0 Å². The number of hydrogen-bond acceptors (Lipinski definition) is 6. The maximum absolute atomic E-state index is 6.38. The summed E-state index contributed by atoms with van der Waals surface area (Å²) < 4.78 is 12.7. The number of rotatable bonds is 6. The molecule has 0 fully saturated rings. The largest absolute Gasteiger partial charge is 0.456 e. The molecule has 6 nitrogen and oxygen atoms in total. The molecule has 0 bridgehead atoms. The average Bonchev–Trinajstić information content (AvgIpc) is 3.83. The van der Waals surface area contributed by atoms with Gasteiger partial charge >= 0.3 is 0 Å². The average molecular weight is 747 g/mol. The van der Waals surface area contributed by atoms with E-state index >= 15 is 0 Å². The van der Waals surface area contributed by atoms with Gasteiger partial charge in [0.05, 0.1) is 22.4 Å². The van der Waals surface area contributed by atoms with Crippen LogP contribution in [0.4, 0.5) is 34.1 Å². The smallest absolute Gasteiger partial charge is 0.137 e. The fourth-order valence-electron chi connectivity index (χ4n) is 9.05. The summed E-state index contributed by atoms with van der Waals surface area (Å²) in [7, 11) is 0. The fraction of sp³-hybridized carbons (Fsp3) is 0.0385. The highest BCUT2D eigenvalue weighted by molar-refractivity contribution is 6.24. The zero-order valence-electron chi connectivity index (χ0n) is 31.8. The van der Waals surface area contributed by atoms with Crippen LogP contribution in [-0.2, 0) is 0 Å². The van der Waals surface area contributed by atoms with Gasteiger partial charge in [-0.1, -0.05) is 72.8 Å². The highest BCUT2D eigenvalue weighted by Crippen LogP contribution is 2.47. The standard InChI is InChI=1S/C52H34N4O2/c1-31-42-30-53-43-28-45(56(35-15-7-4-8-16-35)37-22-24-41-39-18-10-12-20-47(39)58-49(41)27-37)32(2)52-51(43)50(42)33(29-54-52)25-44(31)55(34-13-5-3-6-14-34)36-21-23-40-38-17-9-11-19-46(38)57-48(40)26-36/h3-30H,1-2H3. The first kappa shape index (κ1) is 32.5. The lowest BCUT2D eigenvalue weighted by Gasteiger charge is -2.29. The number of furan rings is 2. The fourth-order valence-corrected chi connectivity index (χ4v) is 9.05. The van der Waals surface area contributed by atoms with Crippen LogP contribution in [0.5, 0.6) is 0 Å². The van der Waals surface area contributed by atoms with Crippen LogP contribution in [0.2, 0.25) is 0 Å². The molecular weight excluding hydrogens is 713 g/mol. The molecule has 274 valence electrons. The van der Waals surface area contributed by atoms with Crippen LogP contribution in [0.25, 0.3) is 76.5 Å². The van der Waals surface area contributed by atoms with Crippen molar-refractivity contribution in [2.45, 2.75) is 13.8 Å². The third-order valence-corrected chi connectivity index (χ3v) is 11.8. The number of fused-ring (bicyclic) bond motifs is 6. The maximum Gasteiger partial charge on any atom is 0.137 e. The molecule has 0 spiro atoms. The van der Waals surface area contributed by atoms with Crippen molar-refractivity contribution in [2.24, 2.45) is 0 Å². The summed E-state index contributed by atoms with van der Waals surface area (Å²) in [5.41, 5.74) is 13.7. The summed E-state index contributed by atoms with van der Waals surface area (Å²) in [6, 6.07) is 54.9. The number of nitrogens with zero attached hydrogens (tertiary/aromatic N) is 4. The summed E-state index contributed by atoms with van der Waals surface area (Å²) >= 11 is 0. The normalized spacial score (nSPS) is 12.0.